The van der Waals surface area contributed by atoms with Gasteiger partial charge < -0.3 is 0 Å². The fraction of sp³-hybridized carbons (Fsp3) is 0.231. The third-order valence-electron chi connectivity index (χ3n) is 12.5. The molecule has 4 atom stereocenters. The van der Waals surface area contributed by atoms with E-state index in [2.05, 4.69) is 187 Å². The summed E-state index contributed by atoms with van der Waals surface area (Å²) < 4.78 is 0. The number of hydrogen-bond acceptors (Lipinski definition) is 0. The first-order valence-electron chi connectivity index (χ1n) is 19.7. The molecule has 0 saturated heterocycles. The molecule has 10 rings (SSSR count). The van der Waals surface area contributed by atoms with Gasteiger partial charge in [-0.05, 0) is 110 Å². The Morgan fingerprint density at radius 1 is 0.352 bits per heavy atom. The number of rotatable bonds is 1. The van der Waals surface area contributed by atoms with Crippen molar-refractivity contribution in [2.45, 2.75) is 75.5 Å². The van der Waals surface area contributed by atoms with Gasteiger partial charge in [0.25, 0.3) is 0 Å². The van der Waals surface area contributed by atoms with Crippen LogP contribution in [0.2, 0.25) is 0 Å². The lowest BCUT2D eigenvalue weighted by Crippen LogP contribution is -2.25. The van der Waals surface area contributed by atoms with Crippen LogP contribution < -0.4 is 0 Å². The van der Waals surface area contributed by atoms with Crippen LogP contribution in [-0.4, -0.2) is 10.3 Å². The maximum absolute atomic E-state index is 2.59. The molecule has 8 aromatic rings. The second kappa shape index (κ2) is 12.6. The van der Waals surface area contributed by atoms with E-state index in [-0.39, 0.29) is 10.3 Å². The van der Waals surface area contributed by atoms with Gasteiger partial charge in [0.05, 0.1) is 0 Å². The van der Waals surface area contributed by atoms with Gasteiger partial charge in [0, 0.05) is 11.3 Å². The maximum atomic E-state index is 2.59. The molecule has 2 heterocycles. The zero-order valence-corrected chi connectivity index (χ0v) is 34.1. The van der Waals surface area contributed by atoms with Gasteiger partial charge in [0.15, 0.2) is 0 Å². The van der Waals surface area contributed by atoms with Crippen LogP contribution in [0.3, 0.4) is 0 Å². The lowest BCUT2D eigenvalue weighted by Gasteiger charge is -2.48. The second-order valence-corrected chi connectivity index (χ2v) is 23.9. The van der Waals surface area contributed by atoms with Gasteiger partial charge in [0.2, 0.25) is 0 Å². The molecule has 0 unspecified atom stereocenters. The van der Waals surface area contributed by atoms with E-state index in [1.165, 1.54) is 76.5 Å². The molecule has 2 aliphatic heterocycles. The van der Waals surface area contributed by atoms with Crippen LogP contribution in [-0.2, 0) is 12.3 Å². The van der Waals surface area contributed by atoms with Gasteiger partial charge in [-0.15, -0.1) is 0 Å². The van der Waals surface area contributed by atoms with E-state index in [9.17, 15) is 0 Å². The monoisotopic (exact) mass is 734 g/mol. The summed E-state index contributed by atoms with van der Waals surface area (Å²) >= 11 is 0. The fourth-order valence-electron chi connectivity index (χ4n) is 10.0. The van der Waals surface area contributed by atoms with Gasteiger partial charge in [-0.3, -0.25) is 0 Å². The Morgan fingerprint density at radius 3 is 0.981 bits per heavy atom. The van der Waals surface area contributed by atoms with Gasteiger partial charge in [-0.25, -0.2) is 0 Å². The van der Waals surface area contributed by atoms with Crippen molar-refractivity contribution in [1.29, 1.82) is 0 Å². The highest BCUT2D eigenvalue weighted by Gasteiger charge is 2.48. The largest absolute Gasteiger partial charge is 0.0880 e. The first-order valence-corrected chi connectivity index (χ1v) is 22.9. The Kier molecular flexibility index (Phi) is 7.97. The highest BCUT2D eigenvalue weighted by atomic mass is 31.1. The molecule has 0 amide bonds. The first kappa shape index (κ1) is 34.2. The number of hydrogen-bond donors (Lipinski definition) is 0. The molecule has 8 aromatic carbocycles. The van der Waals surface area contributed by atoms with Crippen molar-refractivity contribution in [3.05, 3.63) is 168 Å². The molecule has 0 radical (unpaired) electrons. The molecule has 2 aliphatic rings. The minimum Gasteiger partial charge on any atom is -0.0880 e. The Labute approximate surface area is 323 Å². The third kappa shape index (κ3) is 5.32. The molecule has 0 aliphatic carbocycles. The van der Waals surface area contributed by atoms with E-state index < -0.39 is 15.8 Å². The summed E-state index contributed by atoms with van der Waals surface area (Å²) in [7, 11) is -1.11. The van der Waals surface area contributed by atoms with Crippen molar-refractivity contribution < 1.29 is 0 Å². The summed E-state index contributed by atoms with van der Waals surface area (Å²) in [4.78, 5) is 0. The molecule has 0 aromatic heterocycles. The van der Waals surface area contributed by atoms with E-state index in [0.29, 0.717) is 11.3 Å². The smallest absolute Gasteiger partial charge is 0.0165 e. The molecule has 0 bridgehead atoms. The van der Waals surface area contributed by atoms with Crippen molar-refractivity contribution in [2.75, 3.05) is 0 Å². The summed E-state index contributed by atoms with van der Waals surface area (Å²) in [6.45, 7) is 15.3. The Balaban J connectivity index is 1.38. The summed E-state index contributed by atoms with van der Waals surface area (Å²) in [5.41, 5.74) is 12.8. The summed E-state index contributed by atoms with van der Waals surface area (Å²) in [5.74, 6) is 0. The average Bonchev–Trinajstić information content (AvgIpc) is 3.43. The van der Waals surface area contributed by atoms with Crippen LogP contribution in [0.1, 0.15) is 75.1 Å². The molecule has 0 saturated carbocycles. The van der Waals surface area contributed by atoms with E-state index in [1.54, 1.807) is 11.1 Å². The maximum Gasteiger partial charge on any atom is 0.0165 e. The molecule has 2 heteroatoms. The summed E-state index contributed by atoms with van der Waals surface area (Å²) in [6, 6.07) is 56.5. The minimum atomic E-state index is -0.557. The molecule has 0 fully saturated rings. The molecular formula is C52H48P2. The average molecular weight is 735 g/mol. The minimum absolute atomic E-state index is 0.123. The topological polar surface area (TPSA) is 0 Å². The highest BCUT2D eigenvalue weighted by Crippen LogP contribution is 2.79. The molecule has 0 spiro atoms. The van der Waals surface area contributed by atoms with Gasteiger partial charge in [-0.2, -0.15) is 0 Å². The van der Waals surface area contributed by atoms with Crippen LogP contribution in [0.15, 0.2) is 146 Å². The lowest BCUT2D eigenvalue weighted by atomic mass is 9.83. The van der Waals surface area contributed by atoms with Crippen LogP contribution in [0.5, 0.6) is 0 Å². The van der Waals surface area contributed by atoms with Gasteiger partial charge in [0.1, 0.15) is 0 Å². The lowest BCUT2D eigenvalue weighted by molar-refractivity contribution is 0.723. The van der Waals surface area contributed by atoms with Gasteiger partial charge >= 0.3 is 0 Å². The molecular weight excluding hydrogens is 687 g/mol. The predicted octanol–water partition coefficient (Wildman–Crippen LogP) is 16.0. The molecule has 0 nitrogen and oxygen atoms in total. The third-order valence-corrected chi connectivity index (χ3v) is 20.0. The Bertz CT molecular complexity index is 2580. The van der Waals surface area contributed by atoms with Crippen molar-refractivity contribution in [1.82, 2.24) is 0 Å². The van der Waals surface area contributed by atoms with Crippen molar-refractivity contribution in [3.8, 4) is 22.3 Å². The van der Waals surface area contributed by atoms with Crippen molar-refractivity contribution in [3.63, 3.8) is 0 Å². The SMILES string of the molecule is CC(C)(C)[P@]1Cc2ccc3ccccc3c2-c2c(ccc3ccccc23)[C@@H]1[C@H]1c2ccc3ccccc3c2-c2c(ccc3ccccc23)C[P@]1C(C)(C)C. The van der Waals surface area contributed by atoms with Crippen LogP contribution >= 0.6 is 15.8 Å². The summed E-state index contributed by atoms with van der Waals surface area (Å²) in [5, 5.41) is 11.1. The normalized spacial score (nSPS) is 19.9. The van der Waals surface area contributed by atoms with Crippen LogP contribution in [0.25, 0.3) is 65.3 Å². The Morgan fingerprint density at radius 2 is 0.648 bits per heavy atom. The van der Waals surface area contributed by atoms with E-state index >= 15 is 0 Å². The van der Waals surface area contributed by atoms with E-state index in [1.807, 2.05) is 0 Å². The van der Waals surface area contributed by atoms with E-state index in [4.69, 9.17) is 0 Å². The number of benzene rings is 8. The van der Waals surface area contributed by atoms with Crippen molar-refractivity contribution in [2.24, 2.45) is 0 Å². The van der Waals surface area contributed by atoms with Crippen LogP contribution in [0, 0.1) is 0 Å². The fourth-order valence-corrected chi connectivity index (χ4v) is 17.3. The molecule has 54 heavy (non-hydrogen) atoms. The number of fused-ring (bicyclic) bond motifs is 14. The zero-order valence-electron chi connectivity index (χ0n) is 32.3. The first-order chi connectivity index (χ1) is 26.1. The van der Waals surface area contributed by atoms with Crippen LogP contribution in [0.4, 0.5) is 0 Å². The van der Waals surface area contributed by atoms with Gasteiger partial charge in [-0.1, -0.05) is 203 Å². The molecule has 0 N–H and O–H groups in total. The molecule has 266 valence electrons. The van der Waals surface area contributed by atoms with E-state index in [0.717, 1.165) is 12.3 Å². The van der Waals surface area contributed by atoms with Crippen molar-refractivity contribution >= 4 is 58.9 Å². The Hall–Kier alpha value is -4.34. The highest BCUT2D eigenvalue weighted by molar-refractivity contribution is 7.63. The standard InChI is InChI=1S/C52H48P2/c1-51(2,3)53-31-37-25-23-33-15-7-11-19-39(33)45(37)47-41-21-13-9-17-35(41)27-29-43(47)49(53)50-44-30-28-36-18-10-14-22-42(36)48(44)46-38(32-54(50)52(4,5)6)26-24-34-16-8-12-20-40(34)46/h7-30,49-50H,31-32H2,1-6H3/t49-,50-,53-,54+/m1/s1. The zero-order chi connectivity index (χ0) is 36.9. The second-order valence-electron chi connectivity index (χ2n) is 17.6. The summed E-state index contributed by atoms with van der Waals surface area (Å²) in [6.07, 6.45) is 2.24. The predicted molar refractivity (Wildman–Crippen MR) is 240 cm³/mol. The quantitative estimate of drug-likeness (QED) is 0.147.